The molecule has 1 saturated carbocycles. The van der Waals surface area contributed by atoms with E-state index in [1.54, 1.807) is 12.1 Å². The fourth-order valence-electron chi connectivity index (χ4n) is 1.71. The SMILES string of the molecule is O=C(Nc1ccc(NC2CC2)cc1)c1ccco1. The summed E-state index contributed by atoms with van der Waals surface area (Å²) in [5.74, 6) is 0.0816. The lowest BCUT2D eigenvalue weighted by atomic mass is 10.2. The van der Waals surface area contributed by atoms with Crippen molar-refractivity contribution in [3.8, 4) is 0 Å². The minimum Gasteiger partial charge on any atom is -0.459 e. The number of benzene rings is 1. The van der Waals surface area contributed by atoms with Gasteiger partial charge in [-0.05, 0) is 49.2 Å². The molecule has 0 radical (unpaired) electrons. The van der Waals surface area contributed by atoms with Crippen molar-refractivity contribution in [1.82, 2.24) is 0 Å². The van der Waals surface area contributed by atoms with Crippen LogP contribution in [0.3, 0.4) is 0 Å². The van der Waals surface area contributed by atoms with Gasteiger partial charge in [0.05, 0.1) is 6.26 Å². The van der Waals surface area contributed by atoms with Crippen LogP contribution >= 0.6 is 0 Å². The third-order valence-electron chi connectivity index (χ3n) is 2.84. The van der Waals surface area contributed by atoms with Gasteiger partial charge in [-0.3, -0.25) is 4.79 Å². The highest BCUT2D eigenvalue weighted by Crippen LogP contribution is 2.25. The van der Waals surface area contributed by atoms with Gasteiger partial charge in [0.1, 0.15) is 0 Å². The molecule has 1 aliphatic rings. The Morgan fingerprint density at radius 2 is 1.83 bits per heavy atom. The maximum atomic E-state index is 11.7. The lowest BCUT2D eigenvalue weighted by Crippen LogP contribution is -2.10. The largest absolute Gasteiger partial charge is 0.459 e. The lowest BCUT2D eigenvalue weighted by Gasteiger charge is -2.06. The van der Waals surface area contributed by atoms with E-state index in [4.69, 9.17) is 4.42 Å². The standard InChI is InChI=1S/C14H14N2O2/c17-14(13-2-1-9-18-13)16-12-7-5-11(6-8-12)15-10-3-4-10/h1-2,5-10,15H,3-4H2,(H,16,17). The molecule has 1 fully saturated rings. The van der Waals surface area contributed by atoms with E-state index in [0.717, 1.165) is 11.4 Å². The average molecular weight is 242 g/mol. The first kappa shape index (κ1) is 10.9. The predicted octanol–water partition coefficient (Wildman–Crippen LogP) is 3.11. The van der Waals surface area contributed by atoms with Crippen molar-refractivity contribution < 1.29 is 9.21 Å². The van der Waals surface area contributed by atoms with Gasteiger partial charge in [-0.25, -0.2) is 0 Å². The fraction of sp³-hybridized carbons (Fsp3) is 0.214. The molecule has 0 unspecified atom stereocenters. The summed E-state index contributed by atoms with van der Waals surface area (Å²) in [5, 5.41) is 6.17. The second-order valence-corrected chi connectivity index (χ2v) is 4.43. The van der Waals surface area contributed by atoms with E-state index in [1.807, 2.05) is 24.3 Å². The minimum absolute atomic E-state index is 0.233. The lowest BCUT2D eigenvalue weighted by molar-refractivity contribution is 0.0996. The number of amides is 1. The Labute approximate surface area is 105 Å². The molecule has 2 N–H and O–H groups in total. The number of carbonyl (C=O) groups excluding carboxylic acids is 1. The van der Waals surface area contributed by atoms with Crippen LogP contribution in [0, 0.1) is 0 Å². The Hall–Kier alpha value is -2.23. The fourth-order valence-corrected chi connectivity index (χ4v) is 1.71. The number of rotatable bonds is 4. The van der Waals surface area contributed by atoms with Crippen LogP contribution in [0.1, 0.15) is 23.4 Å². The molecule has 1 aromatic carbocycles. The van der Waals surface area contributed by atoms with Gasteiger partial charge in [0.25, 0.3) is 5.91 Å². The third-order valence-corrected chi connectivity index (χ3v) is 2.84. The number of nitrogens with one attached hydrogen (secondary N) is 2. The zero-order valence-electron chi connectivity index (χ0n) is 9.85. The van der Waals surface area contributed by atoms with Crippen LogP contribution in [-0.4, -0.2) is 11.9 Å². The molecular formula is C14H14N2O2. The van der Waals surface area contributed by atoms with Crippen LogP contribution in [0.15, 0.2) is 47.1 Å². The predicted molar refractivity (Wildman–Crippen MR) is 69.7 cm³/mol. The summed E-state index contributed by atoms with van der Waals surface area (Å²) in [5.41, 5.74) is 1.85. The van der Waals surface area contributed by atoms with Crippen LogP contribution < -0.4 is 10.6 Å². The van der Waals surface area contributed by atoms with Gasteiger partial charge in [0, 0.05) is 17.4 Å². The van der Waals surface area contributed by atoms with Gasteiger partial charge in [-0.1, -0.05) is 0 Å². The van der Waals surface area contributed by atoms with Gasteiger partial charge in [-0.15, -0.1) is 0 Å². The normalized spacial score (nSPS) is 14.2. The number of furan rings is 1. The van der Waals surface area contributed by atoms with Gasteiger partial charge in [0.2, 0.25) is 0 Å². The molecule has 4 heteroatoms. The molecule has 1 amide bonds. The minimum atomic E-state index is -0.233. The van der Waals surface area contributed by atoms with Gasteiger partial charge < -0.3 is 15.1 Å². The summed E-state index contributed by atoms with van der Waals surface area (Å²) >= 11 is 0. The van der Waals surface area contributed by atoms with E-state index in [9.17, 15) is 4.79 Å². The highest BCUT2D eigenvalue weighted by atomic mass is 16.3. The Kier molecular flexibility index (Phi) is 2.76. The highest BCUT2D eigenvalue weighted by molar-refractivity contribution is 6.02. The summed E-state index contributed by atoms with van der Waals surface area (Å²) in [4.78, 5) is 11.7. The molecule has 92 valence electrons. The van der Waals surface area contributed by atoms with E-state index < -0.39 is 0 Å². The molecule has 1 aliphatic carbocycles. The van der Waals surface area contributed by atoms with E-state index >= 15 is 0 Å². The summed E-state index contributed by atoms with van der Waals surface area (Å²) in [6.07, 6.45) is 3.98. The molecule has 4 nitrogen and oxygen atoms in total. The van der Waals surface area contributed by atoms with Crippen LogP contribution in [0.2, 0.25) is 0 Å². The van der Waals surface area contributed by atoms with Crippen LogP contribution in [0.5, 0.6) is 0 Å². The second kappa shape index (κ2) is 4.56. The Bertz CT molecular complexity index is 527. The van der Waals surface area contributed by atoms with Crippen LogP contribution in [0.25, 0.3) is 0 Å². The van der Waals surface area contributed by atoms with E-state index in [1.165, 1.54) is 19.1 Å². The van der Waals surface area contributed by atoms with Gasteiger partial charge in [0.15, 0.2) is 5.76 Å². The van der Waals surface area contributed by atoms with E-state index in [0.29, 0.717) is 11.8 Å². The van der Waals surface area contributed by atoms with Crippen molar-refractivity contribution in [3.05, 3.63) is 48.4 Å². The van der Waals surface area contributed by atoms with E-state index in [-0.39, 0.29) is 5.91 Å². The summed E-state index contributed by atoms with van der Waals surface area (Å²) < 4.78 is 5.03. The number of carbonyl (C=O) groups is 1. The Morgan fingerprint density at radius 3 is 2.44 bits per heavy atom. The molecule has 2 aromatic rings. The Balaban J connectivity index is 1.63. The number of hydrogen-bond donors (Lipinski definition) is 2. The first-order valence-corrected chi connectivity index (χ1v) is 6.03. The molecule has 0 atom stereocenters. The maximum Gasteiger partial charge on any atom is 0.291 e. The van der Waals surface area contributed by atoms with Crippen molar-refractivity contribution in [2.24, 2.45) is 0 Å². The summed E-state index contributed by atoms with van der Waals surface area (Å²) in [6, 6.07) is 11.7. The molecule has 3 rings (SSSR count). The molecular weight excluding hydrogens is 228 g/mol. The first-order valence-electron chi connectivity index (χ1n) is 6.03. The zero-order valence-corrected chi connectivity index (χ0v) is 9.85. The summed E-state index contributed by atoms with van der Waals surface area (Å²) in [7, 11) is 0. The van der Waals surface area contributed by atoms with Crippen molar-refractivity contribution in [2.75, 3.05) is 10.6 Å². The zero-order chi connectivity index (χ0) is 12.4. The molecule has 0 bridgehead atoms. The molecule has 1 heterocycles. The second-order valence-electron chi connectivity index (χ2n) is 4.43. The summed E-state index contributed by atoms with van der Waals surface area (Å²) in [6.45, 7) is 0. The van der Waals surface area contributed by atoms with Crippen LogP contribution in [-0.2, 0) is 0 Å². The van der Waals surface area contributed by atoms with Crippen LogP contribution in [0.4, 0.5) is 11.4 Å². The van der Waals surface area contributed by atoms with E-state index in [2.05, 4.69) is 10.6 Å². The van der Waals surface area contributed by atoms with Gasteiger partial charge >= 0.3 is 0 Å². The third kappa shape index (κ3) is 2.53. The molecule has 18 heavy (non-hydrogen) atoms. The average Bonchev–Trinajstić information content (AvgIpc) is 3.02. The van der Waals surface area contributed by atoms with Gasteiger partial charge in [-0.2, -0.15) is 0 Å². The first-order chi connectivity index (χ1) is 8.81. The quantitative estimate of drug-likeness (QED) is 0.866. The molecule has 1 aromatic heterocycles. The van der Waals surface area contributed by atoms with Crippen molar-refractivity contribution in [2.45, 2.75) is 18.9 Å². The van der Waals surface area contributed by atoms with Crippen molar-refractivity contribution in [3.63, 3.8) is 0 Å². The van der Waals surface area contributed by atoms with Crippen molar-refractivity contribution >= 4 is 17.3 Å². The Morgan fingerprint density at radius 1 is 1.11 bits per heavy atom. The van der Waals surface area contributed by atoms with Crippen molar-refractivity contribution in [1.29, 1.82) is 0 Å². The molecule has 0 saturated heterocycles. The topological polar surface area (TPSA) is 54.3 Å². The smallest absolute Gasteiger partial charge is 0.291 e. The maximum absolute atomic E-state index is 11.7. The monoisotopic (exact) mass is 242 g/mol. The molecule has 0 aliphatic heterocycles. The number of anilines is 2. The highest BCUT2D eigenvalue weighted by Gasteiger charge is 2.20. The number of hydrogen-bond acceptors (Lipinski definition) is 3. The molecule has 0 spiro atoms.